The summed E-state index contributed by atoms with van der Waals surface area (Å²) in [7, 11) is 0. The minimum Gasteiger partial charge on any atom is -0.316 e. The average molecular weight is 507 g/mol. The van der Waals surface area contributed by atoms with Gasteiger partial charge in [0.15, 0.2) is 16.7 Å². The van der Waals surface area contributed by atoms with Crippen LogP contribution in [0.15, 0.2) is 85.2 Å². The number of hydrogen-bond donors (Lipinski definition) is 2. The molecule has 0 amide bonds. The summed E-state index contributed by atoms with van der Waals surface area (Å²) in [5.41, 5.74) is 2.02. The van der Waals surface area contributed by atoms with Gasteiger partial charge in [-0.05, 0) is 40.7 Å². The smallest absolute Gasteiger partial charge is 0.177 e. The number of hydrogen-bond acceptors (Lipinski definition) is 3. The van der Waals surface area contributed by atoms with Crippen LogP contribution in [0.1, 0.15) is 11.1 Å². The minimum absolute atomic E-state index is 0.399. The van der Waals surface area contributed by atoms with E-state index in [9.17, 15) is 0 Å². The SMILES string of the molecule is S=C(Nc1ccn(Cc2c(Cl)cccc2Cl)n1)Nc1ccn(Cc2cccc3ccccc23)n1. The standard InChI is InChI=1S/C25H20Cl2N6S/c26-21-9-4-10-22(27)20(21)16-33-14-12-24(31-33)29-25(34)28-23-11-13-32(30-23)15-18-7-3-6-17-5-1-2-8-19(17)18/h1-14H,15-16H2,(H2,28,29,30,31,34). The van der Waals surface area contributed by atoms with Crippen molar-refractivity contribution in [3.63, 3.8) is 0 Å². The van der Waals surface area contributed by atoms with Gasteiger partial charge in [-0.1, -0.05) is 71.7 Å². The van der Waals surface area contributed by atoms with Gasteiger partial charge in [0.2, 0.25) is 0 Å². The van der Waals surface area contributed by atoms with E-state index >= 15 is 0 Å². The van der Waals surface area contributed by atoms with E-state index in [-0.39, 0.29) is 0 Å². The lowest BCUT2D eigenvalue weighted by Crippen LogP contribution is -2.20. The molecular weight excluding hydrogens is 487 g/mol. The average Bonchev–Trinajstić information content (AvgIpc) is 3.45. The highest BCUT2D eigenvalue weighted by Gasteiger charge is 2.09. The fourth-order valence-electron chi connectivity index (χ4n) is 3.75. The second-order valence-electron chi connectivity index (χ2n) is 7.71. The van der Waals surface area contributed by atoms with Crippen molar-refractivity contribution in [2.75, 3.05) is 10.6 Å². The van der Waals surface area contributed by atoms with Crippen LogP contribution < -0.4 is 10.6 Å². The Bertz CT molecular complexity index is 1450. The molecule has 0 saturated heterocycles. The maximum absolute atomic E-state index is 6.26. The summed E-state index contributed by atoms with van der Waals surface area (Å²) in [4.78, 5) is 0. The van der Waals surface area contributed by atoms with Crippen molar-refractivity contribution in [3.8, 4) is 0 Å². The third-order valence-electron chi connectivity index (χ3n) is 5.36. The predicted molar refractivity (Wildman–Crippen MR) is 143 cm³/mol. The molecule has 9 heteroatoms. The maximum Gasteiger partial charge on any atom is 0.177 e. The lowest BCUT2D eigenvalue weighted by atomic mass is 10.0. The molecule has 0 spiro atoms. The summed E-state index contributed by atoms with van der Waals surface area (Å²) < 4.78 is 3.63. The number of thiocarbonyl (C=S) groups is 1. The van der Waals surface area contributed by atoms with Crippen LogP contribution in [0.4, 0.5) is 11.6 Å². The van der Waals surface area contributed by atoms with E-state index in [1.165, 1.54) is 16.3 Å². The summed E-state index contributed by atoms with van der Waals surface area (Å²) in [5.74, 6) is 1.26. The molecule has 0 atom stereocenters. The molecule has 34 heavy (non-hydrogen) atoms. The maximum atomic E-state index is 6.26. The van der Waals surface area contributed by atoms with Crippen LogP contribution in [0.2, 0.25) is 10.0 Å². The van der Waals surface area contributed by atoms with Crippen molar-refractivity contribution >= 4 is 62.9 Å². The Hall–Kier alpha value is -3.39. The highest BCUT2D eigenvalue weighted by molar-refractivity contribution is 7.80. The highest BCUT2D eigenvalue weighted by Crippen LogP contribution is 2.25. The molecule has 2 N–H and O–H groups in total. The van der Waals surface area contributed by atoms with E-state index in [4.69, 9.17) is 35.4 Å². The molecular formula is C25H20Cl2N6S. The third kappa shape index (κ3) is 5.07. The Kier molecular flexibility index (Phi) is 6.49. The minimum atomic E-state index is 0.399. The Labute approximate surface area is 212 Å². The van der Waals surface area contributed by atoms with Crippen LogP contribution in [0.25, 0.3) is 10.8 Å². The van der Waals surface area contributed by atoms with Crippen LogP contribution in [-0.4, -0.2) is 24.7 Å². The van der Waals surface area contributed by atoms with E-state index in [0.717, 1.165) is 5.56 Å². The monoisotopic (exact) mass is 506 g/mol. The van der Waals surface area contributed by atoms with Gasteiger partial charge in [0.1, 0.15) is 0 Å². The quantitative estimate of drug-likeness (QED) is 0.259. The molecule has 0 aliphatic carbocycles. The number of nitrogens with zero attached hydrogens (tertiary/aromatic N) is 4. The molecule has 5 rings (SSSR count). The Morgan fingerprint density at radius 3 is 2.03 bits per heavy atom. The number of halogens is 2. The van der Waals surface area contributed by atoms with Crippen LogP contribution in [0, 0.1) is 0 Å². The summed E-state index contributed by atoms with van der Waals surface area (Å²) in [5, 5.41) is 19.3. The summed E-state index contributed by atoms with van der Waals surface area (Å²) in [6.07, 6.45) is 3.76. The van der Waals surface area contributed by atoms with Gasteiger partial charge in [-0.3, -0.25) is 9.36 Å². The molecule has 0 aliphatic rings. The van der Waals surface area contributed by atoms with E-state index in [2.05, 4.69) is 57.2 Å². The second kappa shape index (κ2) is 9.85. The Balaban J connectivity index is 1.21. The van der Waals surface area contributed by atoms with E-state index in [0.29, 0.717) is 39.9 Å². The Morgan fingerprint density at radius 2 is 1.32 bits per heavy atom. The number of rotatable bonds is 6. The summed E-state index contributed by atoms with van der Waals surface area (Å²) in [6.45, 7) is 1.12. The Morgan fingerprint density at radius 1 is 0.735 bits per heavy atom. The van der Waals surface area contributed by atoms with Gasteiger partial charge in [-0.2, -0.15) is 10.2 Å². The summed E-state index contributed by atoms with van der Waals surface area (Å²) in [6, 6.07) is 23.8. The zero-order valence-corrected chi connectivity index (χ0v) is 20.3. The van der Waals surface area contributed by atoms with E-state index in [1.54, 1.807) is 4.68 Å². The van der Waals surface area contributed by atoms with Gasteiger partial charge in [-0.15, -0.1) is 0 Å². The van der Waals surface area contributed by atoms with Gasteiger partial charge in [0.05, 0.1) is 13.1 Å². The van der Waals surface area contributed by atoms with E-state index < -0.39 is 0 Å². The first-order valence-corrected chi connectivity index (χ1v) is 11.8. The van der Waals surface area contributed by atoms with Gasteiger partial charge in [0.25, 0.3) is 0 Å². The third-order valence-corrected chi connectivity index (χ3v) is 6.27. The molecule has 0 saturated carbocycles. The molecule has 170 valence electrons. The second-order valence-corrected chi connectivity index (χ2v) is 8.94. The number of aromatic nitrogens is 4. The molecule has 3 aromatic carbocycles. The number of anilines is 2. The lowest BCUT2D eigenvalue weighted by Gasteiger charge is -2.08. The summed E-state index contributed by atoms with van der Waals surface area (Å²) >= 11 is 18.0. The van der Waals surface area contributed by atoms with Crippen LogP contribution >= 0.6 is 35.4 Å². The first-order chi connectivity index (χ1) is 16.5. The molecule has 5 aromatic rings. The topological polar surface area (TPSA) is 59.7 Å². The normalized spacial score (nSPS) is 11.0. The fraction of sp³-hybridized carbons (Fsp3) is 0.0800. The van der Waals surface area contributed by atoms with Crippen LogP contribution in [0.3, 0.4) is 0 Å². The van der Waals surface area contributed by atoms with Crippen molar-refractivity contribution in [2.45, 2.75) is 13.1 Å². The highest BCUT2D eigenvalue weighted by atomic mass is 35.5. The molecule has 2 heterocycles. The zero-order chi connectivity index (χ0) is 23.5. The van der Waals surface area contributed by atoms with Gasteiger partial charge in [-0.25, -0.2) is 0 Å². The van der Waals surface area contributed by atoms with Crippen molar-refractivity contribution in [1.29, 1.82) is 0 Å². The van der Waals surface area contributed by atoms with Gasteiger partial charge < -0.3 is 10.6 Å². The first kappa shape index (κ1) is 22.4. The van der Waals surface area contributed by atoms with Gasteiger partial charge in [0, 0.05) is 40.1 Å². The lowest BCUT2D eigenvalue weighted by molar-refractivity contribution is 0.690. The van der Waals surface area contributed by atoms with Crippen molar-refractivity contribution in [2.24, 2.45) is 0 Å². The molecule has 6 nitrogen and oxygen atoms in total. The molecule has 0 aliphatic heterocycles. The fourth-order valence-corrected chi connectivity index (χ4v) is 4.47. The van der Waals surface area contributed by atoms with Gasteiger partial charge >= 0.3 is 0 Å². The molecule has 2 aromatic heterocycles. The van der Waals surface area contributed by atoms with Crippen LogP contribution in [-0.2, 0) is 13.1 Å². The molecule has 0 bridgehead atoms. The van der Waals surface area contributed by atoms with E-state index in [1.807, 2.05) is 53.5 Å². The van der Waals surface area contributed by atoms with Crippen LogP contribution in [0.5, 0.6) is 0 Å². The molecule has 0 radical (unpaired) electrons. The van der Waals surface area contributed by atoms with Crippen molar-refractivity contribution < 1.29 is 0 Å². The number of nitrogens with one attached hydrogen (secondary N) is 2. The predicted octanol–water partition coefficient (Wildman–Crippen LogP) is 6.45. The van der Waals surface area contributed by atoms with Crippen molar-refractivity contribution in [3.05, 3.63) is 106 Å². The zero-order valence-electron chi connectivity index (χ0n) is 18.0. The largest absolute Gasteiger partial charge is 0.316 e. The number of fused-ring (bicyclic) bond motifs is 1. The molecule has 0 unspecified atom stereocenters. The molecule has 0 fully saturated rings. The number of benzene rings is 3. The first-order valence-electron chi connectivity index (χ1n) is 10.6. The van der Waals surface area contributed by atoms with Crippen molar-refractivity contribution in [1.82, 2.24) is 19.6 Å².